The van der Waals surface area contributed by atoms with E-state index in [1.807, 2.05) is 0 Å². The van der Waals surface area contributed by atoms with Crippen LogP contribution < -0.4 is 0 Å². The molecule has 0 aliphatic carbocycles. The fraction of sp³-hybridized carbons (Fsp3) is 1.00. The molecule has 0 unspecified atom stereocenters. The zero-order chi connectivity index (χ0) is 32.7. The molecule has 0 aliphatic heterocycles. The van der Waals surface area contributed by atoms with Gasteiger partial charge in [0.25, 0.3) is 0 Å². The van der Waals surface area contributed by atoms with E-state index < -0.39 is 81.3 Å². The van der Waals surface area contributed by atoms with Crippen LogP contribution in [0.2, 0.25) is 0 Å². The monoisotopic (exact) mass is 664 g/mol. The molecule has 39 heavy (non-hydrogen) atoms. The molecule has 3 nitrogen and oxygen atoms in total. The average Bonchev–Trinajstić information content (AvgIpc) is 2.71. The van der Waals surface area contributed by atoms with Crippen LogP contribution in [-0.4, -0.2) is 84.1 Å². The largest absolute Gasteiger partial charge is 0.438 e. The highest BCUT2D eigenvalue weighted by atomic mass is 32.2. The highest BCUT2D eigenvalue weighted by Crippen LogP contribution is 2.67. The fourth-order valence-electron chi connectivity index (χ4n) is 2.04. The van der Waals surface area contributed by atoms with Crippen molar-refractivity contribution in [2.24, 2.45) is 0 Å². The molecular formula is C12H3F23O3S. The SMILES string of the molecule is O=S(=O)(O)C(F)(F)C(F)(F)C(F)(F)C(F)(F)C(F)(F)C(F)(F)C(F)(F)C(F)(F)C(F)(F)C(F)(F)C(F)(F)CF. The van der Waals surface area contributed by atoms with E-state index in [0.717, 1.165) is 0 Å². The van der Waals surface area contributed by atoms with Gasteiger partial charge in [-0.2, -0.15) is 105 Å². The maximum absolute atomic E-state index is 13.5. The minimum atomic E-state index is -9.55. The predicted octanol–water partition coefficient (Wildman–Crippen LogP) is 6.79. The van der Waals surface area contributed by atoms with Gasteiger partial charge < -0.3 is 0 Å². The summed E-state index contributed by atoms with van der Waals surface area (Å²) in [5.41, 5.74) is 0. The van der Waals surface area contributed by atoms with Crippen molar-refractivity contribution in [3.05, 3.63) is 0 Å². The van der Waals surface area contributed by atoms with Crippen LogP contribution >= 0.6 is 0 Å². The Hall–Kier alpha value is -1.70. The van der Waals surface area contributed by atoms with Crippen molar-refractivity contribution in [1.29, 1.82) is 0 Å². The van der Waals surface area contributed by atoms with Gasteiger partial charge in [0.15, 0.2) is 6.67 Å². The van der Waals surface area contributed by atoms with Gasteiger partial charge in [-0.3, -0.25) is 4.55 Å². The second kappa shape index (κ2) is 8.90. The van der Waals surface area contributed by atoms with Gasteiger partial charge in [0.1, 0.15) is 0 Å². The third-order valence-corrected chi connectivity index (χ3v) is 5.38. The van der Waals surface area contributed by atoms with E-state index >= 15 is 0 Å². The molecule has 0 spiro atoms. The lowest BCUT2D eigenvalue weighted by Crippen LogP contribution is -2.78. The van der Waals surface area contributed by atoms with Gasteiger partial charge in [0.2, 0.25) is 0 Å². The van der Waals surface area contributed by atoms with E-state index in [-0.39, 0.29) is 0 Å². The third kappa shape index (κ3) is 4.25. The van der Waals surface area contributed by atoms with Crippen LogP contribution in [0.5, 0.6) is 0 Å². The molecule has 236 valence electrons. The van der Waals surface area contributed by atoms with Gasteiger partial charge in [-0.05, 0) is 0 Å². The Kier molecular flexibility index (Phi) is 8.51. The molecule has 0 aromatic heterocycles. The summed E-state index contributed by atoms with van der Waals surface area (Å²) in [4.78, 5) is 0. The first-order valence-corrected chi connectivity index (χ1v) is 9.44. The van der Waals surface area contributed by atoms with Crippen molar-refractivity contribution in [3.63, 3.8) is 0 Å². The molecule has 0 amide bonds. The molecule has 0 saturated heterocycles. The first-order valence-electron chi connectivity index (χ1n) is 8.00. The van der Waals surface area contributed by atoms with E-state index in [1.54, 1.807) is 0 Å². The summed E-state index contributed by atoms with van der Waals surface area (Å²) < 4.78 is 331. The van der Waals surface area contributed by atoms with Gasteiger partial charge in [-0.25, -0.2) is 4.39 Å². The van der Waals surface area contributed by atoms with Crippen molar-refractivity contribution in [2.75, 3.05) is 6.67 Å². The Labute approximate surface area is 196 Å². The first kappa shape index (κ1) is 37.3. The summed E-state index contributed by atoms with van der Waals surface area (Å²) in [5.74, 6) is -89.8. The minimum absolute atomic E-state index is 4.23. The van der Waals surface area contributed by atoms with E-state index in [4.69, 9.17) is 4.55 Å². The molecule has 0 bridgehead atoms. The summed E-state index contributed by atoms with van der Waals surface area (Å²) in [6.07, 6.45) is 0. The van der Waals surface area contributed by atoms with Crippen molar-refractivity contribution in [2.45, 2.75) is 64.5 Å². The quantitative estimate of drug-likeness (QED) is 0.185. The molecule has 0 fully saturated rings. The van der Waals surface area contributed by atoms with Gasteiger partial charge in [-0.15, -0.1) is 0 Å². The van der Waals surface area contributed by atoms with Gasteiger partial charge in [-0.1, -0.05) is 0 Å². The molecule has 27 heteroatoms. The molecule has 0 aliphatic rings. The summed E-state index contributed by atoms with van der Waals surface area (Å²) in [6, 6.07) is 0. The molecule has 0 atom stereocenters. The average molecular weight is 664 g/mol. The van der Waals surface area contributed by atoms with E-state index in [9.17, 15) is 109 Å². The zero-order valence-corrected chi connectivity index (χ0v) is 17.4. The number of halogens is 23. The number of alkyl halides is 23. The summed E-state index contributed by atoms with van der Waals surface area (Å²) in [7, 11) is -8.17. The van der Waals surface area contributed by atoms with Gasteiger partial charge in [0.05, 0.1) is 0 Å². The minimum Gasteiger partial charge on any atom is -0.281 e. The van der Waals surface area contributed by atoms with Crippen LogP contribution in [0.3, 0.4) is 0 Å². The van der Waals surface area contributed by atoms with Crippen molar-refractivity contribution in [1.82, 2.24) is 0 Å². The number of hydrogen-bond acceptors (Lipinski definition) is 2. The zero-order valence-electron chi connectivity index (χ0n) is 16.6. The Morgan fingerprint density at radius 2 is 0.564 bits per heavy atom. The van der Waals surface area contributed by atoms with Crippen LogP contribution in [0.15, 0.2) is 0 Å². The summed E-state index contributed by atoms with van der Waals surface area (Å²) in [6.45, 7) is -4.23. The van der Waals surface area contributed by atoms with E-state index in [0.29, 0.717) is 0 Å². The second-order valence-corrected chi connectivity index (χ2v) is 8.46. The molecule has 0 heterocycles. The first-order chi connectivity index (χ1) is 16.3. The lowest BCUT2D eigenvalue weighted by atomic mass is 9.85. The van der Waals surface area contributed by atoms with Crippen molar-refractivity contribution in [3.8, 4) is 0 Å². The maximum atomic E-state index is 13.5. The van der Waals surface area contributed by atoms with E-state index in [2.05, 4.69) is 0 Å². The second-order valence-electron chi connectivity index (χ2n) is 7.00. The molecule has 0 aromatic carbocycles. The molecular weight excluding hydrogens is 661 g/mol. The normalized spacial score (nSPS) is 17.0. The molecule has 0 saturated carbocycles. The topological polar surface area (TPSA) is 54.4 Å². The molecule has 0 aromatic rings. The Bertz CT molecular complexity index is 1030. The highest BCUT2D eigenvalue weighted by Gasteiger charge is 2.99. The maximum Gasteiger partial charge on any atom is 0.438 e. The van der Waals surface area contributed by atoms with Gasteiger partial charge in [0, 0.05) is 0 Å². The Balaban J connectivity index is 7.36. The number of hydrogen-bond donors (Lipinski definition) is 1. The molecule has 0 rings (SSSR count). The van der Waals surface area contributed by atoms with Crippen LogP contribution in [0.1, 0.15) is 0 Å². The third-order valence-electron chi connectivity index (χ3n) is 4.47. The lowest BCUT2D eigenvalue weighted by Gasteiger charge is -2.45. The van der Waals surface area contributed by atoms with Gasteiger partial charge >= 0.3 is 74.6 Å². The van der Waals surface area contributed by atoms with E-state index in [1.165, 1.54) is 0 Å². The predicted molar refractivity (Wildman–Crippen MR) is 71.9 cm³/mol. The summed E-state index contributed by atoms with van der Waals surface area (Å²) >= 11 is 0. The Morgan fingerprint density at radius 1 is 0.385 bits per heavy atom. The van der Waals surface area contributed by atoms with Crippen LogP contribution in [-0.2, 0) is 10.1 Å². The Morgan fingerprint density at radius 3 is 0.744 bits per heavy atom. The molecule has 0 radical (unpaired) electrons. The van der Waals surface area contributed by atoms with Crippen molar-refractivity contribution >= 4 is 10.1 Å². The number of rotatable bonds is 12. The van der Waals surface area contributed by atoms with Crippen molar-refractivity contribution < 1.29 is 114 Å². The standard InChI is InChI=1S/C12H3F23O3S/c13-1-2(14,15)3(16,17)4(18,19)5(20,21)6(22,23)7(24,25)8(26,27)9(28,29)10(30,31)11(32,33)12(34,35)39(36,37)38/h1H2,(H,36,37,38). The smallest absolute Gasteiger partial charge is 0.281 e. The van der Waals surface area contributed by atoms with Crippen LogP contribution in [0.25, 0.3) is 0 Å². The highest BCUT2D eigenvalue weighted by molar-refractivity contribution is 7.87. The lowest BCUT2D eigenvalue weighted by molar-refractivity contribution is -0.472. The van der Waals surface area contributed by atoms with Crippen LogP contribution in [0.4, 0.5) is 101 Å². The molecule has 1 N–H and O–H groups in total. The summed E-state index contributed by atoms with van der Waals surface area (Å²) in [5, 5.41) is -8.14. The van der Waals surface area contributed by atoms with Crippen LogP contribution in [0, 0.1) is 0 Å². The fourth-order valence-corrected chi connectivity index (χ4v) is 2.49.